The molecule has 0 aromatic rings. The maximum Gasteiger partial charge on any atom is 0.0801 e. The molecule has 2 saturated carbocycles. The Kier molecular flexibility index (Phi) is 1.65. The van der Waals surface area contributed by atoms with Crippen LogP contribution in [0.25, 0.3) is 0 Å². The number of fused-ring (bicyclic) bond motifs is 2. The van der Waals surface area contributed by atoms with Crippen LogP contribution in [0.15, 0.2) is 11.6 Å². The molecule has 3 aliphatic carbocycles. The lowest BCUT2D eigenvalue weighted by Gasteiger charge is -2.31. The topological polar surface area (TPSA) is 29.5 Å². The van der Waals surface area contributed by atoms with Crippen molar-refractivity contribution in [1.82, 2.24) is 0 Å². The molecule has 0 aromatic heterocycles. The van der Waals surface area contributed by atoms with Crippen LogP contribution in [0.2, 0.25) is 0 Å². The Hall–Kier alpha value is 0.140. The molecule has 0 radical (unpaired) electrons. The van der Waals surface area contributed by atoms with Gasteiger partial charge in [-0.3, -0.25) is 0 Å². The quantitative estimate of drug-likeness (QED) is 0.581. The molecule has 0 amide bonds. The van der Waals surface area contributed by atoms with Crippen molar-refractivity contribution in [1.29, 1.82) is 0 Å². The van der Waals surface area contributed by atoms with Crippen molar-refractivity contribution in [3.05, 3.63) is 11.6 Å². The molecule has 2 bridgehead atoms. The van der Waals surface area contributed by atoms with E-state index >= 15 is 0 Å². The summed E-state index contributed by atoms with van der Waals surface area (Å²) in [6, 6.07) is 0. The van der Waals surface area contributed by atoms with Gasteiger partial charge in [-0.15, -0.1) is 0 Å². The number of hydrogen-bond donors (Lipinski definition) is 1. The third-order valence-electron chi connectivity index (χ3n) is 4.98. The van der Waals surface area contributed by atoms with Gasteiger partial charge in [-0.05, 0) is 36.7 Å². The van der Waals surface area contributed by atoms with E-state index in [0.29, 0.717) is 34.8 Å². The molecular formula is C12H15BrO2. The van der Waals surface area contributed by atoms with Crippen molar-refractivity contribution in [3.63, 3.8) is 0 Å². The summed E-state index contributed by atoms with van der Waals surface area (Å²) in [7, 11) is 0. The molecule has 4 aliphatic rings. The van der Waals surface area contributed by atoms with Gasteiger partial charge >= 0.3 is 0 Å². The second kappa shape index (κ2) is 2.69. The summed E-state index contributed by atoms with van der Waals surface area (Å²) in [6.45, 7) is 1.89. The highest BCUT2D eigenvalue weighted by atomic mass is 79.9. The number of ether oxygens (including phenoxy) is 1. The largest absolute Gasteiger partial charge is 0.389 e. The van der Waals surface area contributed by atoms with E-state index in [2.05, 4.69) is 22.0 Å². The van der Waals surface area contributed by atoms with Crippen LogP contribution in [-0.4, -0.2) is 28.2 Å². The van der Waals surface area contributed by atoms with Crippen molar-refractivity contribution in [2.45, 2.75) is 36.5 Å². The van der Waals surface area contributed by atoms with Crippen LogP contribution in [0.4, 0.5) is 0 Å². The predicted molar refractivity (Wildman–Crippen MR) is 59.7 cm³/mol. The highest BCUT2D eigenvalue weighted by Crippen LogP contribution is 2.66. The Balaban J connectivity index is 1.82. The summed E-state index contributed by atoms with van der Waals surface area (Å²) in [5, 5.41) is 9.81. The van der Waals surface area contributed by atoms with Crippen LogP contribution >= 0.6 is 15.9 Å². The standard InChI is InChI=1S/C12H15BrO2/c1-4(14)5-3-8-10-7-2-6(9(5)10)11(13)12(7)15-8/h3-4,6-12,14H,2H2,1H3/t4?,6-,7+,8-,9-,10-,11-,12-/m1/s1. The first-order valence-electron chi connectivity index (χ1n) is 5.87. The first-order chi connectivity index (χ1) is 7.18. The van der Waals surface area contributed by atoms with Crippen molar-refractivity contribution in [2.24, 2.45) is 23.7 Å². The SMILES string of the molecule is CC(O)C1=C[C@H]2O[C@H]3[C@H](Br)[C@@H]4C[C@H]3[C@H]2[C@H]14. The Bertz CT molecular complexity index is 352. The van der Waals surface area contributed by atoms with Crippen LogP contribution in [0.3, 0.4) is 0 Å². The zero-order valence-corrected chi connectivity index (χ0v) is 10.2. The van der Waals surface area contributed by atoms with E-state index in [9.17, 15) is 5.11 Å². The molecule has 3 heteroatoms. The van der Waals surface area contributed by atoms with Crippen molar-refractivity contribution < 1.29 is 9.84 Å². The molecule has 1 unspecified atom stereocenters. The van der Waals surface area contributed by atoms with E-state index in [0.717, 1.165) is 5.92 Å². The number of rotatable bonds is 1. The Morgan fingerprint density at radius 2 is 2.33 bits per heavy atom. The molecule has 0 spiro atoms. The molecule has 4 rings (SSSR count). The van der Waals surface area contributed by atoms with Crippen molar-refractivity contribution in [2.75, 3.05) is 0 Å². The maximum absolute atomic E-state index is 9.81. The Morgan fingerprint density at radius 1 is 1.53 bits per heavy atom. The van der Waals surface area contributed by atoms with Crippen LogP contribution in [0.1, 0.15) is 13.3 Å². The lowest BCUT2D eigenvalue weighted by atomic mass is 9.77. The number of aliphatic hydroxyl groups is 1. The number of alkyl halides is 1. The monoisotopic (exact) mass is 270 g/mol. The lowest BCUT2D eigenvalue weighted by Crippen LogP contribution is -2.35. The summed E-state index contributed by atoms with van der Waals surface area (Å²) in [6.07, 6.45) is 3.98. The molecule has 8 atom stereocenters. The van der Waals surface area contributed by atoms with Crippen LogP contribution < -0.4 is 0 Å². The number of halogens is 1. The molecule has 2 nitrogen and oxygen atoms in total. The third kappa shape index (κ3) is 0.899. The highest BCUT2D eigenvalue weighted by Gasteiger charge is 2.67. The fraction of sp³-hybridized carbons (Fsp3) is 0.833. The van der Waals surface area contributed by atoms with E-state index in [1.165, 1.54) is 12.0 Å². The molecular weight excluding hydrogens is 256 g/mol. The van der Waals surface area contributed by atoms with E-state index in [-0.39, 0.29) is 6.10 Å². The van der Waals surface area contributed by atoms with Gasteiger partial charge in [-0.25, -0.2) is 0 Å². The summed E-state index contributed by atoms with van der Waals surface area (Å²) in [5.41, 5.74) is 1.25. The molecule has 1 N–H and O–H groups in total. The average Bonchev–Trinajstić information content (AvgIpc) is 2.81. The van der Waals surface area contributed by atoms with Gasteiger partial charge < -0.3 is 9.84 Å². The van der Waals surface area contributed by atoms with Gasteiger partial charge in [-0.1, -0.05) is 22.0 Å². The van der Waals surface area contributed by atoms with E-state index in [4.69, 9.17) is 4.74 Å². The Morgan fingerprint density at radius 3 is 3.07 bits per heavy atom. The third-order valence-corrected chi connectivity index (χ3v) is 6.18. The van der Waals surface area contributed by atoms with E-state index in [1.807, 2.05) is 6.92 Å². The molecule has 1 heterocycles. The Labute approximate surface area is 97.8 Å². The van der Waals surface area contributed by atoms with Gasteiger partial charge in [-0.2, -0.15) is 0 Å². The van der Waals surface area contributed by atoms with Crippen molar-refractivity contribution >= 4 is 15.9 Å². The first kappa shape index (κ1) is 9.20. The normalized spacial score (nSPS) is 61.3. The minimum atomic E-state index is -0.290. The van der Waals surface area contributed by atoms with Gasteiger partial charge in [0.1, 0.15) is 0 Å². The molecule has 1 aliphatic heterocycles. The van der Waals surface area contributed by atoms with Crippen LogP contribution in [-0.2, 0) is 4.74 Å². The number of aliphatic hydroxyl groups excluding tert-OH is 1. The summed E-state index contributed by atoms with van der Waals surface area (Å²) in [5.74, 6) is 2.75. The van der Waals surface area contributed by atoms with E-state index < -0.39 is 0 Å². The second-order valence-corrected chi connectivity index (χ2v) is 6.58. The minimum absolute atomic E-state index is 0.290. The number of hydrogen-bond acceptors (Lipinski definition) is 2. The molecule has 82 valence electrons. The van der Waals surface area contributed by atoms with E-state index in [1.54, 1.807) is 0 Å². The van der Waals surface area contributed by atoms with Crippen molar-refractivity contribution in [3.8, 4) is 0 Å². The zero-order chi connectivity index (χ0) is 10.3. The van der Waals surface area contributed by atoms with Crippen LogP contribution in [0.5, 0.6) is 0 Å². The minimum Gasteiger partial charge on any atom is -0.389 e. The molecule has 15 heavy (non-hydrogen) atoms. The fourth-order valence-corrected chi connectivity index (χ4v) is 5.63. The predicted octanol–water partition coefficient (Wildman–Crippen LogP) is 1.72. The lowest BCUT2D eigenvalue weighted by molar-refractivity contribution is 0.0685. The van der Waals surface area contributed by atoms with Crippen LogP contribution in [0, 0.1) is 23.7 Å². The van der Waals surface area contributed by atoms with Gasteiger partial charge in [0, 0.05) is 10.7 Å². The van der Waals surface area contributed by atoms with Gasteiger partial charge in [0.25, 0.3) is 0 Å². The van der Waals surface area contributed by atoms with Gasteiger partial charge in [0.2, 0.25) is 0 Å². The van der Waals surface area contributed by atoms with Gasteiger partial charge in [0.15, 0.2) is 0 Å². The molecule has 3 fully saturated rings. The second-order valence-electron chi connectivity index (χ2n) is 5.52. The average molecular weight is 271 g/mol. The maximum atomic E-state index is 9.81. The molecule has 0 aromatic carbocycles. The summed E-state index contributed by atoms with van der Waals surface area (Å²) < 4.78 is 6.09. The van der Waals surface area contributed by atoms with Gasteiger partial charge in [0.05, 0.1) is 18.3 Å². The summed E-state index contributed by atoms with van der Waals surface area (Å²) >= 11 is 3.79. The first-order valence-corrected chi connectivity index (χ1v) is 6.79. The summed E-state index contributed by atoms with van der Waals surface area (Å²) in [4.78, 5) is 0.524. The smallest absolute Gasteiger partial charge is 0.0801 e. The molecule has 1 saturated heterocycles. The zero-order valence-electron chi connectivity index (χ0n) is 8.64. The fourth-order valence-electron chi connectivity index (χ4n) is 4.57. The highest BCUT2D eigenvalue weighted by molar-refractivity contribution is 9.09.